The first-order valence-corrected chi connectivity index (χ1v) is 16.7. The number of carbonyl (C=O) groups excluding carboxylic acids is 1. The van der Waals surface area contributed by atoms with Gasteiger partial charge in [-0.2, -0.15) is 10.4 Å². The number of hydrogen-bond acceptors (Lipinski definition) is 10. The van der Waals surface area contributed by atoms with Crippen LogP contribution in [-0.4, -0.2) is 75.5 Å². The van der Waals surface area contributed by atoms with Crippen LogP contribution < -0.4 is 0 Å². The molecule has 0 bridgehead atoms. The third kappa shape index (κ3) is 7.90. The van der Waals surface area contributed by atoms with Crippen molar-refractivity contribution in [1.29, 1.82) is 5.26 Å². The molecule has 0 spiro atoms. The molecule has 0 amide bonds. The number of carbonyl (C=O) groups is 1. The molecule has 1 aliphatic heterocycles. The van der Waals surface area contributed by atoms with Crippen molar-refractivity contribution in [2.24, 2.45) is 0 Å². The Kier molecular flexibility index (Phi) is 10.5. The Morgan fingerprint density at radius 1 is 1.08 bits per heavy atom. The second-order valence-corrected chi connectivity index (χ2v) is 13.0. The highest BCUT2D eigenvalue weighted by atomic mass is 32.1. The molecule has 252 valence electrons. The normalized spacial score (nSPS) is 15.7. The van der Waals surface area contributed by atoms with Crippen LogP contribution in [0.2, 0.25) is 0 Å². The molecule has 2 atom stereocenters. The SMILES string of the molecule is C[C@@H](c1nc(-c2ccc(C#N)cc2)cs1)[C@@](Cn1cncn1)(OCOC(=O)c1cccc(CN2CCN(C)CC2)c1)c1ccc(F)cc1F. The monoisotopic (exact) mass is 683 g/mol. The second kappa shape index (κ2) is 15.1. The molecule has 1 aliphatic rings. The summed E-state index contributed by atoms with van der Waals surface area (Å²) < 4.78 is 43.6. The van der Waals surface area contributed by atoms with Gasteiger partial charge in [-0.15, -0.1) is 11.3 Å². The minimum atomic E-state index is -1.57. The summed E-state index contributed by atoms with van der Waals surface area (Å²) in [5.41, 5.74) is 1.80. The number of aromatic nitrogens is 4. The van der Waals surface area contributed by atoms with E-state index in [1.807, 2.05) is 30.5 Å². The van der Waals surface area contributed by atoms with E-state index in [1.54, 1.807) is 30.3 Å². The molecule has 0 N–H and O–H groups in total. The summed E-state index contributed by atoms with van der Waals surface area (Å²) in [6, 6.07) is 19.7. The Balaban J connectivity index is 1.28. The first-order chi connectivity index (χ1) is 23.7. The highest BCUT2D eigenvalue weighted by Crippen LogP contribution is 2.44. The standard InChI is InChI=1S/C36H35F2N7O3S/c1-25(34-42-33(20-49-34)28-8-6-26(18-39)7-9-28)36(21-45-23-40-22-41-45,31-11-10-30(37)17-32(31)38)48-24-47-35(46)29-5-3-4-27(16-29)19-44-14-12-43(2)13-15-44/h3-11,16-17,20,22-23,25H,12-15,19,21,24H2,1-2H3/t25-,36+/m0/s1. The zero-order valence-corrected chi connectivity index (χ0v) is 27.9. The largest absolute Gasteiger partial charge is 0.435 e. The van der Waals surface area contributed by atoms with Crippen molar-refractivity contribution >= 4 is 17.3 Å². The number of hydrogen-bond donors (Lipinski definition) is 0. The number of benzene rings is 3. The fourth-order valence-corrected chi connectivity index (χ4v) is 6.92. The van der Waals surface area contributed by atoms with Crippen molar-refractivity contribution < 1.29 is 23.0 Å². The number of likely N-dealkylation sites (N-methyl/N-ethyl adjacent to an activating group) is 1. The lowest BCUT2D eigenvalue weighted by Gasteiger charge is -2.38. The zero-order chi connectivity index (χ0) is 34.4. The van der Waals surface area contributed by atoms with E-state index in [4.69, 9.17) is 14.5 Å². The summed E-state index contributed by atoms with van der Waals surface area (Å²) >= 11 is 1.35. The van der Waals surface area contributed by atoms with Crippen LogP contribution >= 0.6 is 11.3 Å². The van der Waals surface area contributed by atoms with Gasteiger partial charge < -0.3 is 14.4 Å². The van der Waals surface area contributed by atoms with E-state index in [2.05, 4.69) is 33.0 Å². The topological polar surface area (TPSA) is 109 Å². The Hall–Kier alpha value is -4.87. The van der Waals surface area contributed by atoms with E-state index in [1.165, 1.54) is 34.7 Å². The number of esters is 1. The quantitative estimate of drug-likeness (QED) is 0.119. The van der Waals surface area contributed by atoms with Gasteiger partial charge >= 0.3 is 5.97 Å². The number of piperazine rings is 1. The molecule has 10 nitrogen and oxygen atoms in total. The van der Waals surface area contributed by atoms with Crippen molar-refractivity contribution in [2.45, 2.75) is 31.5 Å². The molecule has 13 heteroatoms. The first kappa shape index (κ1) is 34.0. The summed E-state index contributed by atoms with van der Waals surface area (Å²) in [5.74, 6) is -2.83. The highest BCUT2D eigenvalue weighted by Gasteiger charge is 2.45. The van der Waals surface area contributed by atoms with E-state index in [9.17, 15) is 14.4 Å². The minimum absolute atomic E-state index is 0.0391. The fraction of sp³-hybridized carbons (Fsp3) is 0.306. The molecule has 1 saturated heterocycles. The first-order valence-electron chi connectivity index (χ1n) is 15.8. The lowest BCUT2D eigenvalue weighted by Crippen LogP contribution is -2.43. The maximum Gasteiger partial charge on any atom is 0.340 e. The Labute approximate surface area is 287 Å². The summed E-state index contributed by atoms with van der Waals surface area (Å²) in [7, 11) is 2.10. The van der Waals surface area contributed by atoms with E-state index in [0.29, 0.717) is 28.4 Å². The predicted octanol–water partition coefficient (Wildman–Crippen LogP) is 5.83. The predicted molar refractivity (Wildman–Crippen MR) is 179 cm³/mol. The average Bonchev–Trinajstić information content (AvgIpc) is 3.82. The number of rotatable bonds is 12. The van der Waals surface area contributed by atoms with Gasteiger partial charge in [0, 0.05) is 61.2 Å². The smallest absolute Gasteiger partial charge is 0.340 e. The van der Waals surface area contributed by atoms with Crippen molar-refractivity contribution in [3.8, 4) is 17.3 Å². The fourth-order valence-electron chi connectivity index (χ4n) is 5.96. The van der Waals surface area contributed by atoms with Crippen LogP contribution in [0, 0.1) is 23.0 Å². The van der Waals surface area contributed by atoms with Crippen LogP contribution in [-0.2, 0) is 28.2 Å². The van der Waals surface area contributed by atoms with Gasteiger partial charge in [-0.3, -0.25) is 4.90 Å². The number of nitriles is 1. The maximum absolute atomic E-state index is 15.8. The lowest BCUT2D eigenvalue weighted by molar-refractivity contribution is -0.148. The van der Waals surface area contributed by atoms with Gasteiger partial charge in [0.05, 0.1) is 34.4 Å². The van der Waals surface area contributed by atoms with Gasteiger partial charge in [0.2, 0.25) is 0 Å². The molecule has 1 fully saturated rings. The third-order valence-corrected chi connectivity index (χ3v) is 9.85. The van der Waals surface area contributed by atoms with Crippen LogP contribution in [0.5, 0.6) is 0 Å². The van der Waals surface area contributed by atoms with Crippen molar-refractivity contribution in [3.05, 3.63) is 124 Å². The number of halogens is 2. The van der Waals surface area contributed by atoms with Crippen LogP contribution in [0.4, 0.5) is 8.78 Å². The van der Waals surface area contributed by atoms with Gasteiger partial charge in [-0.1, -0.05) is 37.3 Å². The molecule has 6 rings (SSSR count). The molecule has 0 saturated carbocycles. The summed E-state index contributed by atoms with van der Waals surface area (Å²) in [6.45, 7) is 5.81. The molecule has 3 heterocycles. The second-order valence-electron chi connectivity index (χ2n) is 12.1. The van der Waals surface area contributed by atoms with Gasteiger partial charge in [0.15, 0.2) is 6.79 Å². The van der Waals surface area contributed by atoms with E-state index in [0.717, 1.165) is 49.4 Å². The van der Waals surface area contributed by atoms with Gasteiger partial charge in [0.25, 0.3) is 0 Å². The molecule has 0 radical (unpaired) electrons. The number of nitrogens with zero attached hydrogens (tertiary/aromatic N) is 7. The molecule has 5 aromatic rings. The summed E-state index contributed by atoms with van der Waals surface area (Å²) in [4.78, 5) is 26.9. The van der Waals surface area contributed by atoms with Gasteiger partial charge in [-0.05, 0) is 42.9 Å². The Morgan fingerprint density at radius 3 is 2.59 bits per heavy atom. The molecule has 0 unspecified atom stereocenters. The molecule has 3 aromatic carbocycles. The van der Waals surface area contributed by atoms with Gasteiger partial charge in [0.1, 0.15) is 29.9 Å². The zero-order valence-electron chi connectivity index (χ0n) is 27.1. The highest BCUT2D eigenvalue weighted by molar-refractivity contribution is 7.10. The van der Waals surface area contributed by atoms with Crippen LogP contribution in [0.15, 0.2) is 84.8 Å². The van der Waals surface area contributed by atoms with Crippen LogP contribution in [0.25, 0.3) is 11.3 Å². The summed E-state index contributed by atoms with van der Waals surface area (Å²) in [5, 5.41) is 15.9. The van der Waals surface area contributed by atoms with E-state index < -0.39 is 35.9 Å². The molecule has 49 heavy (non-hydrogen) atoms. The van der Waals surface area contributed by atoms with Crippen molar-refractivity contribution in [3.63, 3.8) is 0 Å². The summed E-state index contributed by atoms with van der Waals surface area (Å²) in [6.07, 6.45) is 2.81. The number of ether oxygens (including phenoxy) is 2. The molecular weight excluding hydrogens is 649 g/mol. The maximum atomic E-state index is 15.8. The van der Waals surface area contributed by atoms with Crippen molar-refractivity contribution in [2.75, 3.05) is 40.0 Å². The molecule has 2 aromatic heterocycles. The Bertz CT molecular complexity index is 1920. The Morgan fingerprint density at radius 2 is 1.88 bits per heavy atom. The van der Waals surface area contributed by atoms with E-state index in [-0.39, 0.29) is 12.1 Å². The molecular formula is C36H35F2N7O3S. The molecule has 0 aliphatic carbocycles. The van der Waals surface area contributed by atoms with Crippen molar-refractivity contribution in [1.82, 2.24) is 29.5 Å². The third-order valence-electron chi connectivity index (χ3n) is 8.82. The lowest BCUT2D eigenvalue weighted by atomic mass is 9.81. The van der Waals surface area contributed by atoms with Gasteiger partial charge in [-0.25, -0.2) is 28.2 Å². The minimum Gasteiger partial charge on any atom is -0.435 e. The van der Waals surface area contributed by atoms with Crippen LogP contribution in [0.3, 0.4) is 0 Å². The average molecular weight is 684 g/mol. The number of thiazole rings is 1. The van der Waals surface area contributed by atoms with E-state index >= 15 is 4.39 Å². The van der Waals surface area contributed by atoms with Crippen LogP contribution in [0.1, 0.15) is 44.9 Å².